The van der Waals surface area contributed by atoms with Crippen molar-refractivity contribution in [2.75, 3.05) is 11.9 Å². The van der Waals surface area contributed by atoms with E-state index in [-0.39, 0.29) is 12.2 Å². The second-order valence-electron chi connectivity index (χ2n) is 4.33. The van der Waals surface area contributed by atoms with Gasteiger partial charge in [-0.15, -0.1) is 0 Å². The minimum atomic E-state index is -1.56. The van der Waals surface area contributed by atoms with Crippen molar-refractivity contribution < 1.29 is 18.0 Å². The van der Waals surface area contributed by atoms with Gasteiger partial charge in [0.2, 0.25) is 5.91 Å². The lowest BCUT2D eigenvalue weighted by Gasteiger charge is -2.24. The molecular formula is C12H15F3N2O. The third kappa shape index (κ3) is 2.81. The molecule has 0 radical (unpaired) electrons. The molecule has 0 fully saturated rings. The first-order valence-corrected chi connectivity index (χ1v) is 5.50. The van der Waals surface area contributed by atoms with Gasteiger partial charge in [0, 0.05) is 24.4 Å². The van der Waals surface area contributed by atoms with Crippen LogP contribution in [0.1, 0.15) is 20.3 Å². The van der Waals surface area contributed by atoms with E-state index >= 15 is 0 Å². The van der Waals surface area contributed by atoms with E-state index < -0.39 is 28.8 Å². The van der Waals surface area contributed by atoms with Crippen LogP contribution in [0.25, 0.3) is 0 Å². The Morgan fingerprint density at radius 1 is 1.33 bits per heavy atom. The van der Waals surface area contributed by atoms with Crippen LogP contribution in [0.5, 0.6) is 0 Å². The van der Waals surface area contributed by atoms with Gasteiger partial charge in [0.1, 0.15) is 0 Å². The maximum absolute atomic E-state index is 13.0. The summed E-state index contributed by atoms with van der Waals surface area (Å²) in [7, 11) is 0. The van der Waals surface area contributed by atoms with Gasteiger partial charge in [-0.25, -0.2) is 13.2 Å². The van der Waals surface area contributed by atoms with E-state index in [2.05, 4.69) is 5.32 Å². The first-order valence-electron chi connectivity index (χ1n) is 5.50. The monoisotopic (exact) mass is 260 g/mol. The van der Waals surface area contributed by atoms with Crippen LogP contribution < -0.4 is 11.1 Å². The van der Waals surface area contributed by atoms with Crippen molar-refractivity contribution >= 4 is 11.6 Å². The fourth-order valence-corrected chi connectivity index (χ4v) is 1.31. The van der Waals surface area contributed by atoms with Crippen LogP contribution in [0.2, 0.25) is 0 Å². The molecule has 1 rings (SSSR count). The average molecular weight is 260 g/mol. The largest absolute Gasteiger partial charge is 0.329 e. The molecule has 1 amide bonds. The average Bonchev–Trinajstić information content (AvgIpc) is 2.34. The molecule has 0 aliphatic rings. The summed E-state index contributed by atoms with van der Waals surface area (Å²) in [5.41, 5.74) is 4.52. The summed E-state index contributed by atoms with van der Waals surface area (Å²) in [4.78, 5) is 11.9. The summed E-state index contributed by atoms with van der Waals surface area (Å²) in [6.45, 7) is 3.51. The standard InChI is InChI=1S/C12H15F3N2O/c1-3-12(2,6-16)11(18)17-7-4-8(13)10(15)9(14)5-7/h4-5H,3,6,16H2,1-2H3,(H,17,18). The number of carbonyl (C=O) groups is 1. The number of hydrogen-bond acceptors (Lipinski definition) is 2. The van der Waals surface area contributed by atoms with Gasteiger partial charge >= 0.3 is 0 Å². The highest BCUT2D eigenvalue weighted by Gasteiger charge is 2.30. The molecule has 0 aromatic heterocycles. The van der Waals surface area contributed by atoms with Crippen LogP contribution >= 0.6 is 0 Å². The predicted molar refractivity (Wildman–Crippen MR) is 62.4 cm³/mol. The van der Waals surface area contributed by atoms with Crippen LogP contribution in [-0.4, -0.2) is 12.5 Å². The lowest BCUT2D eigenvalue weighted by Crippen LogP contribution is -2.39. The third-order valence-electron chi connectivity index (χ3n) is 3.02. The number of hydrogen-bond donors (Lipinski definition) is 2. The highest BCUT2D eigenvalue weighted by Crippen LogP contribution is 2.23. The smallest absolute Gasteiger partial charge is 0.231 e. The molecule has 1 unspecified atom stereocenters. The van der Waals surface area contributed by atoms with E-state index in [1.807, 2.05) is 0 Å². The number of benzene rings is 1. The van der Waals surface area contributed by atoms with E-state index in [0.29, 0.717) is 6.42 Å². The molecule has 0 saturated heterocycles. The summed E-state index contributed by atoms with van der Waals surface area (Å²) in [5, 5.41) is 2.33. The number of halogens is 3. The van der Waals surface area contributed by atoms with Gasteiger partial charge < -0.3 is 11.1 Å². The molecule has 3 nitrogen and oxygen atoms in total. The van der Waals surface area contributed by atoms with Gasteiger partial charge in [0.05, 0.1) is 5.41 Å². The predicted octanol–water partition coefficient (Wildman–Crippen LogP) is 2.42. The van der Waals surface area contributed by atoms with Gasteiger partial charge in [0.25, 0.3) is 0 Å². The summed E-state index contributed by atoms with van der Waals surface area (Å²) >= 11 is 0. The Balaban J connectivity index is 2.95. The van der Waals surface area contributed by atoms with Crippen molar-refractivity contribution in [3.8, 4) is 0 Å². The molecule has 3 N–H and O–H groups in total. The molecule has 18 heavy (non-hydrogen) atoms. The van der Waals surface area contributed by atoms with E-state index in [1.54, 1.807) is 13.8 Å². The van der Waals surface area contributed by atoms with Crippen LogP contribution in [0.3, 0.4) is 0 Å². The fraction of sp³-hybridized carbons (Fsp3) is 0.417. The zero-order chi connectivity index (χ0) is 13.9. The molecule has 1 atom stereocenters. The molecule has 100 valence electrons. The lowest BCUT2D eigenvalue weighted by molar-refractivity contribution is -0.124. The number of rotatable bonds is 4. The van der Waals surface area contributed by atoms with Gasteiger partial charge in [0.15, 0.2) is 17.5 Å². The van der Waals surface area contributed by atoms with Gasteiger partial charge in [-0.05, 0) is 13.3 Å². The minimum Gasteiger partial charge on any atom is -0.329 e. The molecule has 0 aliphatic heterocycles. The topological polar surface area (TPSA) is 55.1 Å². The quantitative estimate of drug-likeness (QED) is 0.817. The molecule has 0 bridgehead atoms. The normalized spacial score (nSPS) is 14.1. The van der Waals surface area contributed by atoms with Crippen molar-refractivity contribution in [2.45, 2.75) is 20.3 Å². The lowest BCUT2D eigenvalue weighted by atomic mass is 9.86. The zero-order valence-corrected chi connectivity index (χ0v) is 10.2. The highest BCUT2D eigenvalue weighted by atomic mass is 19.2. The SMILES string of the molecule is CCC(C)(CN)C(=O)Nc1cc(F)c(F)c(F)c1. The van der Waals surface area contributed by atoms with Gasteiger partial charge in [-0.3, -0.25) is 4.79 Å². The third-order valence-corrected chi connectivity index (χ3v) is 3.02. The number of nitrogens with one attached hydrogen (secondary N) is 1. The van der Waals surface area contributed by atoms with Crippen molar-refractivity contribution in [1.82, 2.24) is 0 Å². The molecular weight excluding hydrogens is 245 g/mol. The van der Waals surface area contributed by atoms with Crippen molar-refractivity contribution in [2.24, 2.45) is 11.1 Å². The Bertz CT molecular complexity index is 436. The fourth-order valence-electron chi connectivity index (χ4n) is 1.31. The molecule has 1 aromatic rings. The summed E-state index contributed by atoms with van der Waals surface area (Å²) in [6.07, 6.45) is 0.474. The van der Waals surface area contributed by atoms with Crippen molar-refractivity contribution in [1.29, 1.82) is 0 Å². The van der Waals surface area contributed by atoms with Crippen LogP contribution in [0.4, 0.5) is 18.9 Å². The number of amides is 1. The van der Waals surface area contributed by atoms with Crippen LogP contribution in [0.15, 0.2) is 12.1 Å². The molecule has 0 heterocycles. The Morgan fingerprint density at radius 3 is 2.22 bits per heavy atom. The van der Waals surface area contributed by atoms with E-state index in [1.165, 1.54) is 0 Å². The van der Waals surface area contributed by atoms with Gasteiger partial charge in [-0.2, -0.15) is 0 Å². The Morgan fingerprint density at radius 2 is 1.83 bits per heavy atom. The van der Waals surface area contributed by atoms with Crippen LogP contribution in [0, 0.1) is 22.9 Å². The second kappa shape index (κ2) is 5.39. The van der Waals surface area contributed by atoms with Gasteiger partial charge in [-0.1, -0.05) is 6.92 Å². The molecule has 0 aliphatic carbocycles. The van der Waals surface area contributed by atoms with E-state index in [0.717, 1.165) is 12.1 Å². The maximum atomic E-state index is 13.0. The Hall–Kier alpha value is -1.56. The van der Waals surface area contributed by atoms with E-state index in [9.17, 15) is 18.0 Å². The van der Waals surface area contributed by atoms with Crippen LogP contribution in [-0.2, 0) is 4.79 Å². The first kappa shape index (κ1) is 14.5. The summed E-state index contributed by atoms with van der Waals surface area (Å²) < 4.78 is 38.7. The Kier molecular flexibility index (Phi) is 4.34. The summed E-state index contributed by atoms with van der Waals surface area (Å²) in [5.74, 6) is -4.73. The summed E-state index contributed by atoms with van der Waals surface area (Å²) in [6, 6.07) is 1.45. The molecule has 1 aromatic carbocycles. The first-order chi connectivity index (χ1) is 8.34. The van der Waals surface area contributed by atoms with Crippen molar-refractivity contribution in [3.63, 3.8) is 0 Å². The zero-order valence-electron chi connectivity index (χ0n) is 10.2. The van der Waals surface area contributed by atoms with E-state index in [4.69, 9.17) is 5.73 Å². The highest BCUT2D eigenvalue weighted by molar-refractivity contribution is 5.95. The molecule has 0 spiro atoms. The number of carbonyl (C=O) groups excluding carboxylic acids is 1. The minimum absolute atomic E-state index is 0.0987. The second-order valence-corrected chi connectivity index (χ2v) is 4.33. The maximum Gasteiger partial charge on any atom is 0.231 e. The number of anilines is 1. The molecule has 6 heteroatoms. The number of nitrogens with two attached hydrogens (primary N) is 1. The van der Waals surface area contributed by atoms with Crippen molar-refractivity contribution in [3.05, 3.63) is 29.6 Å². The Labute approximate surface area is 103 Å². The molecule has 0 saturated carbocycles.